The van der Waals surface area contributed by atoms with Gasteiger partial charge in [-0.2, -0.15) is 0 Å². The molecule has 4 heteroatoms. The number of hydrogen-bond donors (Lipinski definition) is 0. The molecule has 1 aromatic rings. The Bertz CT molecular complexity index is 494. The van der Waals surface area contributed by atoms with E-state index >= 15 is 0 Å². The molecule has 0 saturated heterocycles. The van der Waals surface area contributed by atoms with Gasteiger partial charge in [-0.25, -0.2) is 0 Å². The second kappa shape index (κ2) is 8.00. The predicted molar refractivity (Wildman–Crippen MR) is 74.4 cm³/mol. The first kappa shape index (κ1) is 15.8. The molecule has 1 unspecified atom stereocenters. The van der Waals surface area contributed by atoms with E-state index in [-0.39, 0.29) is 5.92 Å². The van der Waals surface area contributed by atoms with Crippen LogP contribution >= 0.6 is 0 Å². The van der Waals surface area contributed by atoms with E-state index in [9.17, 15) is 9.59 Å². The van der Waals surface area contributed by atoms with E-state index in [1.54, 1.807) is 0 Å². The SMILES string of the molecule is CC(=O)OC(OC(C)=O)C(C)CC#Cc1ccccc1. The van der Waals surface area contributed by atoms with Crippen LogP contribution in [0.4, 0.5) is 0 Å². The highest BCUT2D eigenvalue weighted by molar-refractivity contribution is 5.68. The van der Waals surface area contributed by atoms with Gasteiger partial charge in [0.15, 0.2) is 0 Å². The molecule has 0 N–H and O–H groups in total. The monoisotopic (exact) mass is 274 g/mol. The van der Waals surface area contributed by atoms with Crippen LogP contribution < -0.4 is 0 Å². The zero-order valence-corrected chi connectivity index (χ0v) is 11.9. The molecule has 1 atom stereocenters. The maximum absolute atomic E-state index is 11.0. The second-order valence-corrected chi connectivity index (χ2v) is 4.44. The molecule has 0 aliphatic rings. The van der Waals surface area contributed by atoms with E-state index in [4.69, 9.17) is 9.47 Å². The van der Waals surface area contributed by atoms with E-state index in [0.29, 0.717) is 6.42 Å². The van der Waals surface area contributed by atoms with Crippen molar-refractivity contribution in [2.75, 3.05) is 0 Å². The lowest BCUT2D eigenvalue weighted by atomic mass is 10.1. The van der Waals surface area contributed by atoms with Gasteiger partial charge in [0.05, 0.1) is 0 Å². The van der Waals surface area contributed by atoms with Gasteiger partial charge in [-0.05, 0) is 12.1 Å². The van der Waals surface area contributed by atoms with Crippen molar-refractivity contribution in [3.8, 4) is 11.8 Å². The van der Waals surface area contributed by atoms with Crippen molar-refractivity contribution in [2.45, 2.75) is 33.5 Å². The minimum atomic E-state index is -0.893. The van der Waals surface area contributed by atoms with E-state index in [1.165, 1.54) is 13.8 Å². The lowest BCUT2D eigenvalue weighted by Gasteiger charge is -2.21. The maximum atomic E-state index is 11.0. The quantitative estimate of drug-likeness (QED) is 0.481. The fourth-order valence-electron chi connectivity index (χ4n) is 1.52. The minimum absolute atomic E-state index is 0.195. The highest BCUT2D eigenvalue weighted by Crippen LogP contribution is 2.13. The molecule has 0 saturated carbocycles. The molecule has 0 amide bonds. The van der Waals surface area contributed by atoms with Crippen LogP contribution in [-0.2, 0) is 19.1 Å². The highest BCUT2D eigenvalue weighted by atomic mass is 16.7. The summed E-state index contributed by atoms with van der Waals surface area (Å²) in [4.78, 5) is 22.0. The predicted octanol–water partition coefficient (Wildman–Crippen LogP) is 2.52. The third-order valence-electron chi connectivity index (χ3n) is 2.46. The fourth-order valence-corrected chi connectivity index (χ4v) is 1.52. The topological polar surface area (TPSA) is 52.6 Å². The zero-order valence-electron chi connectivity index (χ0n) is 11.9. The van der Waals surface area contributed by atoms with Crippen LogP contribution in [0.15, 0.2) is 30.3 Å². The largest absolute Gasteiger partial charge is 0.425 e. The number of hydrogen-bond acceptors (Lipinski definition) is 4. The average molecular weight is 274 g/mol. The summed E-state index contributed by atoms with van der Waals surface area (Å²) in [6.07, 6.45) is -0.435. The lowest BCUT2D eigenvalue weighted by Crippen LogP contribution is -2.29. The van der Waals surface area contributed by atoms with Crippen LogP contribution in [0, 0.1) is 17.8 Å². The van der Waals surface area contributed by atoms with Gasteiger partial charge in [-0.15, -0.1) is 0 Å². The van der Waals surface area contributed by atoms with Gasteiger partial charge in [0.25, 0.3) is 6.29 Å². The molecule has 0 aromatic heterocycles. The number of esters is 2. The van der Waals surface area contributed by atoms with Gasteiger partial charge in [0.1, 0.15) is 0 Å². The summed E-state index contributed by atoms with van der Waals surface area (Å²) in [5.41, 5.74) is 0.913. The van der Waals surface area contributed by atoms with Gasteiger partial charge >= 0.3 is 11.9 Å². The van der Waals surface area contributed by atoms with E-state index in [2.05, 4.69) is 11.8 Å². The molecule has 106 valence electrons. The summed E-state index contributed by atoms with van der Waals surface area (Å²) in [5, 5.41) is 0. The van der Waals surface area contributed by atoms with Gasteiger partial charge < -0.3 is 9.47 Å². The fraction of sp³-hybridized carbons (Fsp3) is 0.375. The summed E-state index contributed by atoms with van der Waals surface area (Å²) >= 11 is 0. The van der Waals surface area contributed by atoms with E-state index < -0.39 is 18.2 Å². The molecule has 0 aliphatic carbocycles. The number of rotatable bonds is 4. The van der Waals surface area contributed by atoms with Gasteiger partial charge in [-0.1, -0.05) is 37.0 Å². The normalized spacial score (nSPS) is 11.2. The first-order valence-electron chi connectivity index (χ1n) is 6.37. The molecule has 0 heterocycles. The number of carbonyl (C=O) groups excluding carboxylic acids is 2. The lowest BCUT2D eigenvalue weighted by molar-refractivity contribution is -0.193. The van der Waals surface area contributed by atoms with Crippen molar-refractivity contribution in [3.05, 3.63) is 35.9 Å². The number of carbonyl (C=O) groups is 2. The summed E-state index contributed by atoms with van der Waals surface area (Å²) in [5.74, 6) is 4.83. The Kier molecular flexibility index (Phi) is 6.31. The van der Waals surface area contributed by atoms with Crippen molar-refractivity contribution in [1.82, 2.24) is 0 Å². The summed E-state index contributed by atoms with van der Waals surface area (Å²) < 4.78 is 9.95. The molecule has 0 radical (unpaired) electrons. The van der Waals surface area contributed by atoms with Gasteiger partial charge in [-0.3, -0.25) is 9.59 Å². The average Bonchev–Trinajstić information content (AvgIpc) is 2.38. The van der Waals surface area contributed by atoms with Crippen LogP contribution in [0.25, 0.3) is 0 Å². The van der Waals surface area contributed by atoms with Crippen LogP contribution in [0.3, 0.4) is 0 Å². The first-order valence-corrected chi connectivity index (χ1v) is 6.37. The molecular formula is C16H18O4. The van der Waals surface area contributed by atoms with Crippen LogP contribution in [0.2, 0.25) is 0 Å². The smallest absolute Gasteiger partial charge is 0.305 e. The summed E-state index contributed by atoms with van der Waals surface area (Å²) in [6, 6.07) is 9.56. The Hall–Kier alpha value is -2.28. The Morgan fingerprint density at radius 1 is 1.10 bits per heavy atom. The molecule has 0 fully saturated rings. The van der Waals surface area contributed by atoms with Gasteiger partial charge in [0, 0.05) is 31.7 Å². The molecule has 4 nitrogen and oxygen atoms in total. The molecule has 20 heavy (non-hydrogen) atoms. The van der Waals surface area contributed by atoms with Crippen molar-refractivity contribution < 1.29 is 19.1 Å². The van der Waals surface area contributed by atoms with Crippen molar-refractivity contribution in [1.29, 1.82) is 0 Å². The zero-order chi connectivity index (χ0) is 15.0. The van der Waals surface area contributed by atoms with Crippen molar-refractivity contribution in [3.63, 3.8) is 0 Å². The third-order valence-corrected chi connectivity index (χ3v) is 2.46. The van der Waals surface area contributed by atoms with E-state index in [1.807, 2.05) is 37.3 Å². The maximum Gasteiger partial charge on any atom is 0.305 e. The molecule has 0 spiro atoms. The molecule has 0 aliphatic heterocycles. The number of benzene rings is 1. The van der Waals surface area contributed by atoms with Gasteiger partial charge in [0.2, 0.25) is 0 Å². The molecule has 0 bridgehead atoms. The second-order valence-electron chi connectivity index (χ2n) is 4.44. The van der Waals surface area contributed by atoms with Crippen molar-refractivity contribution >= 4 is 11.9 Å². The first-order chi connectivity index (χ1) is 9.49. The Morgan fingerprint density at radius 2 is 1.65 bits per heavy atom. The standard InChI is InChI=1S/C16H18O4/c1-12(16(19-13(2)17)20-14(3)18)8-7-11-15-9-5-4-6-10-15/h4-6,9-10,12,16H,8H2,1-3H3. The van der Waals surface area contributed by atoms with Crippen LogP contribution in [0.1, 0.15) is 32.8 Å². The van der Waals surface area contributed by atoms with Crippen LogP contribution in [-0.4, -0.2) is 18.2 Å². The van der Waals surface area contributed by atoms with Crippen LogP contribution in [0.5, 0.6) is 0 Å². The van der Waals surface area contributed by atoms with E-state index in [0.717, 1.165) is 5.56 Å². The Labute approximate surface area is 119 Å². The van der Waals surface area contributed by atoms with Crippen molar-refractivity contribution in [2.24, 2.45) is 5.92 Å². The summed E-state index contributed by atoms with van der Waals surface area (Å²) in [6.45, 7) is 4.37. The molecule has 1 rings (SSSR count). The minimum Gasteiger partial charge on any atom is -0.425 e. The highest BCUT2D eigenvalue weighted by Gasteiger charge is 2.22. The Balaban J connectivity index is 2.62. The number of ether oxygens (including phenoxy) is 2. The Morgan fingerprint density at radius 3 is 2.15 bits per heavy atom. The molecule has 1 aromatic carbocycles. The summed E-state index contributed by atoms with van der Waals surface area (Å²) in [7, 11) is 0. The molecular weight excluding hydrogens is 256 g/mol. The third kappa shape index (κ3) is 6.05.